The lowest BCUT2D eigenvalue weighted by molar-refractivity contribution is -0.119. The van der Waals surface area contributed by atoms with Crippen molar-refractivity contribution in [2.75, 3.05) is 16.9 Å². The van der Waals surface area contributed by atoms with Gasteiger partial charge in [-0.1, -0.05) is 12.1 Å². The molecule has 1 aromatic heterocycles. The summed E-state index contributed by atoms with van der Waals surface area (Å²) in [4.78, 5) is 30.6. The fraction of sp³-hybridized carbons (Fsp3) is 0.312. The third-order valence-corrected chi connectivity index (χ3v) is 4.69. The number of nitrogens with one attached hydrogen (secondary N) is 1. The van der Waals surface area contributed by atoms with Crippen molar-refractivity contribution in [2.24, 2.45) is 0 Å². The highest BCUT2D eigenvalue weighted by molar-refractivity contribution is 7.99. The molecule has 2 amide bonds. The van der Waals surface area contributed by atoms with Gasteiger partial charge in [0.2, 0.25) is 11.7 Å². The number of hydrogen-bond acceptors (Lipinski definition) is 5. The molecule has 1 N–H and O–H groups in total. The molecule has 3 rings (SSSR count). The number of aryl methyl sites for hydroxylation is 2. The summed E-state index contributed by atoms with van der Waals surface area (Å²) in [5.41, 5.74) is 0.584. The first-order valence-electron chi connectivity index (χ1n) is 7.35. The Bertz CT molecular complexity index is 793. The number of benzene rings is 1. The molecule has 0 saturated carbocycles. The minimum Gasteiger partial charge on any atom is -0.436 e. The quantitative estimate of drug-likeness (QED) is 0.922. The maximum absolute atomic E-state index is 13.7. The first-order chi connectivity index (χ1) is 11.5. The predicted octanol–water partition coefficient (Wildman–Crippen LogP) is 2.58. The largest absolute Gasteiger partial charge is 0.436 e. The number of anilines is 1. The Kier molecular flexibility index (Phi) is 4.57. The maximum atomic E-state index is 13.7. The van der Waals surface area contributed by atoms with Gasteiger partial charge in [-0.05, 0) is 19.1 Å². The fourth-order valence-corrected chi connectivity index (χ4v) is 3.65. The molecule has 0 spiro atoms. The molecule has 2 aromatic rings. The van der Waals surface area contributed by atoms with Crippen molar-refractivity contribution in [2.45, 2.75) is 19.9 Å². The topological polar surface area (TPSA) is 75.4 Å². The zero-order valence-corrected chi connectivity index (χ0v) is 14.0. The molecule has 1 aromatic carbocycles. The SMILES string of the molecule is Cc1nc(C)c(C(=O)N2CSCC2C(=O)Nc2ccccc2F)o1. The van der Waals surface area contributed by atoms with E-state index in [1.807, 2.05) is 0 Å². The molecular weight excluding hydrogens is 333 g/mol. The summed E-state index contributed by atoms with van der Waals surface area (Å²) in [6.45, 7) is 3.34. The first-order valence-corrected chi connectivity index (χ1v) is 8.51. The van der Waals surface area contributed by atoms with E-state index in [4.69, 9.17) is 4.42 Å². The highest BCUT2D eigenvalue weighted by Crippen LogP contribution is 2.26. The minimum atomic E-state index is -0.688. The van der Waals surface area contributed by atoms with Crippen LogP contribution in [0.4, 0.5) is 10.1 Å². The molecule has 8 heteroatoms. The van der Waals surface area contributed by atoms with Gasteiger partial charge in [0.1, 0.15) is 11.9 Å². The highest BCUT2D eigenvalue weighted by Gasteiger charge is 2.37. The van der Waals surface area contributed by atoms with Gasteiger partial charge in [-0.3, -0.25) is 9.59 Å². The van der Waals surface area contributed by atoms with E-state index in [0.717, 1.165) is 0 Å². The van der Waals surface area contributed by atoms with Gasteiger partial charge in [0, 0.05) is 12.7 Å². The summed E-state index contributed by atoms with van der Waals surface area (Å²) in [7, 11) is 0. The molecule has 1 unspecified atom stereocenters. The number of para-hydroxylation sites is 1. The van der Waals surface area contributed by atoms with Crippen molar-refractivity contribution in [3.05, 3.63) is 47.4 Å². The number of halogens is 1. The van der Waals surface area contributed by atoms with E-state index in [1.165, 1.54) is 28.8 Å². The standard InChI is InChI=1S/C16H16FN3O3S/c1-9-14(23-10(2)18-9)16(22)20-8-24-7-13(20)15(21)19-12-6-4-3-5-11(12)17/h3-6,13H,7-8H2,1-2H3,(H,19,21). The third kappa shape index (κ3) is 3.14. The van der Waals surface area contributed by atoms with E-state index in [1.54, 1.807) is 26.0 Å². The summed E-state index contributed by atoms with van der Waals surface area (Å²) in [6.07, 6.45) is 0. The summed E-state index contributed by atoms with van der Waals surface area (Å²) < 4.78 is 19.0. The van der Waals surface area contributed by atoms with Crippen molar-refractivity contribution in [3.63, 3.8) is 0 Å². The van der Waals surface area contributed by atoms with Crippen LogP contribution >= 0.6 is 11.8 Å². The Hall–Kier alpha value is -2.35. The molecule has 0 aliphatic carbocycles. The van der Waals surface area contributed by atoms with Crippen molar-refractivity contribution in [3.8, 4) is 0 Å². The van der Waals surface area contributed by atoms with Gasteiger partial charge in [-0.2, -0.15) is 0 Å². The molecule has 6 nitrogen and oxygen atoms in total. The second kappa shape index (κ2) is 6.64. The Morgan fingerprint density at radius 1 is 1.38 bits per heavy atom. The van der Waals surface area contributed by atoms with Crippen LogP contribution in [0.3, 0.4) is 0 Å². The van der Waals surface area contributed by atoms with E-state index in [-0.39, 0.29) is 17.4 Å². The van der Waals surface area contributed by atoms with Crippen LogP contribution in [0.2, 0.25) is 0 Å². The van der Waals surface area contributed by atoms with Crippen LogP contribution in [0.15, 0.2) is 28.7 Å². The molecule has 0 bridgehead atoms. The van der Waals surface area contributed by atoms with Crippen LogP contribution in [-0.2, 0) is 4.79 Å². The number of amides is 2. The predicted molar refractivity (Wildman–Crippen MR) is 88.3 cm³/mol. The number of hydrogen-bond donors (Lipinski definition) is 1. The zero-order valence-electron chi connectivity index (χ0n) is 13.2. The van der Waals surface area contributed by atoms with E-state index < -0.39 is 17.8 Å². The Balaban J connectivity index is 1.78. The highest BCUT2D eigenvalue weighted by atomic mass is 32.2. The average molecular weight is 349 g/mol. The second-order valence-electron chi connectivity index (χ2n) is 5.41. The summed E-state index contributed by atoms with van der Waals surface area (Å²) in [5.74, 6) is 0.0231. The number of thioether (sulfide) groups is 1. The lowest BCUT2D eigenvalue weighted by Crippen LogP contribution is -2.44. The van der Waals surface area contributed by atoms with Crippen LogP contribution in [0, 0.1) is 19.7 Å². The van der Waals surface area contributed by atoms with Gasteiger partial charge in [0.15, 0.2) is 5.89 Å². The summed E-state index contributed by atoms with van der Waals surface area (Å²) >= 11 is 1.46. The van der Waals surface area contributed by atoms with Crippen LogP contribution in [-0.4, -0.2) is 39.4 Å². The lowest BCUT2D eigenvalue weighted by atomic mass is 10.2. The van der Waals surface area contributed by atoms with Crippen LogP contribution < -0.4 is 5.32 Å². The van der Waals surface area contributed by atoms with Crippen molar-refractivity contribution < 1.29 is 18.4 Å². The number of aromatic nitrogens is 1. The summed E-state index contributed by atoms with van der Waals surface area (Å²) in [6, 6.07) is 5.23. The van der Waals surface area contributed by atoms with Crippen molar-refractivity contribution in [1.29, 1.82) is 0 Å². The van der Waals surface area contributed by atoms with Gasteiger partial charge < -0.3 is 14.6 Å². The van der Waals surface area contributed by atoms with Gasteiger partial charge in [0.25, 0.3) is 5.91 Å². The summed E-state index contributed by atoms with van der Waals surface area (Å²) in [5, 5.41) is 2.54. The first kappa shape index (κ1) is 16.5. The van der Waals surface area contributed by atoms with Gasteiger partial charge >= 0.3 is 0 Å². The van der Waals surface area contributed by atoms with Gasteiger partial charge in [-0.15, -0.1) is 11.8 Å². The molecule has 1 aliphatic rings. The van der Waals surface area contributed by atoms with Crippen molar-refractivity contribution in [1.82, 2.24) is 9.88 Å². The van der Waals surface area contributed by atoms with Gasteiger partial charge in [-0.25, -0.2) is 9.37 Å². The van der Waals surface area contributed by atoms with Crippen LogP contribution in [0.5, 0.6) is 0 Å². The van der Waals surface area contributed by atoms with Crippen LogP contribution in [0.25, 0.3) is 0 Å². The monoisotopic (exact) mass is 349 g/mol. The van der Waals surface area contributed by atoms with Crippen LogP contribution in [0.1, 0.15) is 22.1 Å². The molecule has 24 heavy (non-hydrogen) atoms. The molecule has 126 valence electrons. The lowest BCUT2D eigenvalue weighted by Gasteiger charge is -2.22. The smallest absolute Gasteiger partial charge is 0.292 e. The van der Waals surface area contributed by atoms with Gasteiger partial charge in [0.05, 0.1) is 17.3 Å². The average Bonchev–Trinajstić information content (AvgIpc) is 3.15. The maximum Gasteiger partial charge on any atom is 0.292 e. The second-order valence-corrected chi connectivity index (χ2v) is 6.41. The number of carbonyl (C=O) groups is 2. The molecule has 2 heterocycles. The molecule has 1 atom stereocenters. The Labute approximate surface area is 142 Å². The Morgan fingerprint density at radius 3 is 2.79 bits per heavy atom. The fourth-order valence-electron chi connectivity index (χ4n) is 2.50. The molecule has 0 radical (unpaired) electrons. The van der Waals surface area contributed by atoms with E-state index in [0.29, 0.717) is 23.2 Å². The molecular formula is C16H16FN3O3S. The number of carbonyl (C=O) groups excluding carboxylic acids is 2. The Morgan fingerprint density at radius 2 is 2.12 bits per heavy atom. The van der Waals surface area contributed by atoms with E-state index >= 15 is 0 Å². The normalized spacial score (nSPS) is 17.1. The number of oxazole rings is 1. The molecule has 1 saturated heterocycles. The number of nitrogens with zero attached hydrogens (tertiary/aromatic N) is 2. The minimum absolute atomic E-state index is 0.0958. The van der Waals surface area contributed by atoms with E-state index in [9.17, 15) is 14.0 Å². The molecule has 1 fully saturated rings. The zero-order chi connectivity index (χ0) is 17.3. The van der Waals surface area contributed by atoms with E-state index in [2.05, 4.69) is 10.3 Å². The van der Waals surface area contributed by atoms with Crippen molar-refractivity contribution >= 4 is 29.3 Å². The molecule has 1 aliphatic heterocycles. The number of rotatable bonds is 3. The third-order valence-electron chi connectivity index (χ3n) is 3.68.